The number of rotatable bonds is 14. The van der Waals surface area contributed by atoms with Crippen molar-refractivity contribution in [1.29, 1.82) is 5.41 Å². The van der Waals surface area contributed by atoms with Gasteiger partial charge in [-0.1, -0.05) is 109 Å². The normalized spacial score (nSPS) is 10.8. The molecule has 0 saturated carbocycles. The summed E-state index contributed by atoms with van der Waals surface area (Å²) in [6.07, 6.45) is 4.08. The van der Waals surface area contributed by atoms with Crippen LogP contribution in [0, 0.1) is 72.5 Å². The van der Waals surface area contributed by atoms with E-state index < -0.39 is 29.6 Å². The molecule has 0 fully saturated rings. The summed E-state index contributed by atoms with van der Waals surface area (Å²) in [6, 6.07) is 48.4. The van der Waals surface area contributed by atoms with E-state index in [0.717, 1.165) is 29.5 Å². The average Bonchev–Trinajstić information content (AvgIpc) is 1.63. The van der Waals surface area contributed by atoms with Crippen LogP contribution in [0.2, 0.25) is 0 Å². The maximum atomic E-state index is 14.2. The molecule has 580 valence electrons. The van der Waals surface area contributed by atoms with Gasteiger partial charge in [-0.25, -0.2) is 77.9 Å². The Morgan fingerprint density at radius 3 is 1.22 bits per heavy atom. The summed E-state index contributed by atoms with van der Waals surface area (Å²) in [5.41, 5.74) is 43.0. The maximum Gasteiger partial charge on any atom is 0.602 e. The van der Waals surface area contributed by atoms with Crippen LogP contribution < -0.4 is 34.4 Å². The van der Waals surface area contributed by atoms with Crippen LogP contribution in [-0.2, 0) is 46.1 Å². The Kier molecular flexibility index (Phi) is 26.7. The SMILES string of the molecule is Fc1cnc2c(Cc3ccccc3F)[nH]nc2c1.N=C(N)n1nc(Cc2ccccc2F)c2ncc(F)cc21.Nc1nc(-n2nc(Cc3ccccc3F)c3ncc(F)cc32)nc(N)c1N.Nc1nc(-n2nc(Cc3ccccc3F)c3ncc(F)cc32)nc(N)c1N=Nc1ccccc1.[C-]#[N+]C(N=Nc1ccccc1)[N+]#[C-].[CH3-].[Pd]. The molecule has 6 aromatic carbocycles. The Hall–Kier alpha value is -15.3. The molecule has 10 heterocycles. The minimum Gasteiger partial charge on any atom is -0.393 e. The standard InChI is InChI=1S/C23H17F2N9.C17H14F2N8.C14H11F2N5.C13H9F2N3.C9H6N4.CH3.Pd/c24-14-11-18-19(28-12-14)17(10-13-6-4-5-9-16(13)25)33-34(18)23-29-21(26)20(22(27)30-23)32-31-15-7-2-1-3-8-15;18-9-6-12-14(23-7-9)11(5-8-3-1-2-4-10(8)19)26-27(12)17-24-15(21)13(20)16(22)25-17;15-9-6-12-13(19-7-9)11(20-21(12)14(17)18)5-8-3-1-2-4-10(8)16;14-9-6-12-13(16-7-9)11(17-18-12)5-8-3-1-2-4-10(8)15;1-10-9(11-2)13-12-8-6-4-3-5-7-8;;/h1-9,11-12H,10H2,(H4,26,27,29,30);1-4,6-7H,5,20H2,(H4,21,22,24,25);1-4,6-7H,5H2,(H3,17,18);1-4,6-7H,5H2,(H,17,18);3-7,9H;1H3;/q;;;;;-1;. The number of nitrogens with one attached hydrogen (secondary N) is 2. The number of hydrogen-bond acceptors (Lipinski definition) is 22. The predicted octanol–water partition coefficient (Wildman–Crippen LogP) is 14.7. The Morgan fingerprint density at radius 2 is 0.800 bits per heavy atom. The van der Waals surface area contributed by atoms with Crippen LogP contribution in [0.4, 0.5) is 81.1 Å². The van der Waals surface area contributed by atoms with Crippen molar-refractivity contribution in [1.82, 2.24) is 79.4 Å². The average molecular weight is 1650 g/mol. The van der Waals surface area contributed by atoms with Crippen molar-refractivity contribution in [2.75, 3.05) is 28.7 Å². The molecule has 0 aliphatic carbocycles. The molecule has 0 saturated heterocycles. The number of fused-ring (bicyclic) bond motifs is 4. The van der Waals surface area contributed by atoms with E-state index in [4.69, 9.17) is 53.0 Å². The minimum atomic E-state index is -1.04. The summed E-state index contributed by atoms with van der Waals surface area (Å²) in [6.45, 7) is 13.2. The first-order valence-electron chi connectivity index (χ1n) is 33.2. The van der Waals surface area contributed by atoms with Crippen LogP contribution in [0.3, 0.4) is 0 Å². The molecule has 10 aromatic heterocycles. The van der Waals surface area contributed by atoms with Gasteiger partial charge in [-0.2, -0.15) is 59.5 Å². The van der Waals surface area contributed by atoms with Crippen LogP contribution in [0.25, 0.3) is 65.7 Å². The van der Waals surface area contributed by atoms with Crippen molar-refractivity contribution in [2.24, 2.45) is 26.2 Å². The van der Waals surface area contributed by atoms with Gasteiger partial charge in [0.05, 0.1) is 75.5 Å². The number of anilines is 5. The third-order valence-electron chi connectivity index (χ3n) is 16.2. The number of aromatic amines is 1. The topological polar surface area (TPSA) is 423 Å². The fourth-order valence-electron chi connectivity index (χ4n) is 10.9. The molecule has 0 spiro atoms. The van der Waals surface area contributed by atoms with Crippen LogP contribution in [0.15, 0.2) is 227 Å². The molecule has 0 aliphatic rings. The largest absolute Gasteiger partial charge is 0.602 e. The molecule has 16 rings (SSSR count). The molecule has 0 aliphatic heterocycles. The van der Waals surface area contributed by atoms with Crippen LogP contribution in [0.5, 0.6) is 0 Å². The van der Waals surface area contributed by atoms with E-state index in [1.165, 1.54) is 57.9 Å². The van der Waals surface area contributed by atoms with E-state index in [1.54, 1.807) is 97.1 Å². The van der Waals surface area contributed by atoms with Gasteiger partial charge in [0.2, 0.25) is 5.96 Å². The third-order valence-corrected chi connectivity index (χ3v) is 16.2. The summed E-state index contributed by atoms with van der Waals surface area (Å²) in [5.74, 6) is -4.02. The Labute approximate surface area is 660 Å². The van der Waals surface area contributed by atoms with Gasteiger partial charge >= 0.3 is 6.29 Å². The number of nitrogens with zero attached hydrogens (tertiary/aromatic N) is 21. The number of pyridine rings is 4. The Morgan fingerprint density at radius 1 is 0.443 bits per heavy atom. The first kappa shape index (κ1) is 82.2. The number of halogens is 8. The van der Waals surface area contributed by atoms with E-state index in [9.17, 15) is 35.1 Å². The monoisotopic (exact) mass is 1650 g/mol. The summed E-state index contributed by atoms with van der Waals surface area (Å²) in [5, 5.41) is 42.7. The van der Waals surface area contributed by atoms with Gasteiger partial charge in [0.1, 0.15) is 79.8 Å². The molecular formula is C77H60F8N29Pd-. The summed E-state index contributed by atoms with van der Waals surface area (Å²) < 4.78 is 113. The molecule has 29 nitrogen and oxygen atoms in total. The Bertz CT molecular complexity index is 6270. The van der Waals surface area contributed by atoms with Gasteiger partial charge in [0, 0.05) is 70.4 Å². The smallest absolute Gasteiger partial charge is 0.393 e. The van der Waals surface area contributed by atoms with Crippen molar-refractivity contribution in [3.63, 3.8) is 0 Å². The van der Waals surface area contributed by atoms with Crippen LogP contribution >= 0.6 is 0 Å². The number of azo groups is 2. The second kappa shape index (κ2) is 37.4. The molecule has 0 atom stereocenters. The molecule has 115 heavy (non-hydrogen) atoms. The van der Waals surface area contributed by atoms with E-state index in [-0.39, 0.29) is 134 Å². The van der Waals surface area contributed by atoms with Gasteiger partial charge in [-0.3, -0.25) is 10.5 Å². The zero-order valence-corrected chi connectivity index (χ0v) is 61.3. The van der Waals surface area contributed by atoms with E-state index in [2.05, 4.69) is 95.5 Å². The molecule has 0 bridgehead atoms. The molecule has 38 heteroatoms. The van der Waals surface area contributed by atoms with Gasteiger partial charge in [-0.15, -0.1) is 10.2 Å². The van der Waals surface area contributed by atoms with E-state index in [1.807, 2.05) is 36.4 Å². The summed E-state index contributed by atoms with van der Waals surface area (Å²) >= 11 is 0. The van der Waals surface area contributed by atoms with Crippen molar-refractivity contribution in [3.05, 3.63) is 329 Å². The Balaban J connectivity index is 0.000000157. The van der Waals surface area contributed by atoms with E-state index in [0.29, 0.717) is 95.9 Å². The zero-order valence-electron chi connectivity index (χ0n) is 59.7. The second-order valence-corrected chi connectivity index (χ2v) is 23.9. The molecule has 0 amide bonds. The van der Waals surface area contributed by atoms with E-state index >= 15 is 0 Å². The maximum absolute atomic E-state index is 14.2. The van der Waals surface area contributed by atoms with Crippen LogP contribution in [-0.4, -0.2) is 91.7 Å². The van der Waals surface area contributed by atoms with Crippen LogP contribution in [0.1, 0.15) is 45.0 Å². The minimum absolute atomic E-state index is 0. The summed E-state index contributed by atoms with van der Waals surface area (Å²) in [4.78, 5) is 38.7. The molecule has 16 aromatic rings. The number of aromatic nitrogens is 16. The van der Waals surface area contributed by atoms with Gasteiger partial charge in [0.15, 0.2) is 29.0 Å². The number of nitrogen functional groups attached to an aromatic ring is 6. The van der Waals surface area contributed by atoms with Crippen molar-refractivity contribution < 1.29 is 55.5 Å². The summed E-state index contributed by atoms with van der Waals surface area (Å²) in [7, 11) is 0. The molecular weight excluding hydrogens is 1590 g/mol. The number of benzene rings is 6. The third kappa shape index (κ3) is 19.8. The number of nitrogens with two attached hydrogens (primary N) is 6. The van der Waals surface area contributed by atoms with Crippen molar-refractivity contribution in [3.8, 4) is 11.9 Å². The number of H-pyrrole nitrogens is 1. The second-order valence-electron chi connectivity index (χ2n) is 23.9. The quantitative estimate of drug-likeness (QED) is 0.0125. The number of hydrogen-bond donors (Lipinski definition) is 8. The van der Waals surface area contributed by atoms with Gasteiger partial charge in [0.25, 0.3) is 11.9 Å². The first-order valence-corrected chi connectivity index (χ1v) is 33.2. The first-order chi connectivity index (χ1) is 54.6. The predicted molar refractivity (Wildman–Crippen MR) is 411 cm³/mol. The van der Waals surface area contributed by atoms with Gasteiger partial charge < -0.3 is 41.8 Å². The fourth-order valence-corrected chi connectivity index (χ4v) is 10.9. The molecule has 14 N–H and O–H groups in total. The van der Waals surface area contributed by atoms with Gasteiger partial charge in [-0.05, 0) is 75.9 Å². The van der Waals surface area contributed by atoms with Crippen molar-refractivity contribution in [2.45, 2.75) is 32.0 Å². The molecule has 0 unspecified atom stereocenters. The van der Waals surface area contributed by atoms with Crippen molar-refractivity contribution >= 4 is 96.1 Å². The molecule has 0 radical (unpaired) electrons. The fraction of sp³-hybridized carbons (Fsp3) is 0.0649. The zero-order chi connectivity index (χ0) is 79.8.